The summed E-state index contributed by atoms with van der Waals surface area (Å²) in [6, 6.07) is 37.7. The predicted octanol–water partition coefficient (Wildman–Crippen LogP) is 7.06. The molecule has 4 nitrogen and oxygen atoms in total. The molecule has 0 spiro atoms. The van der Waals surface area contributed by atoms with Crippen LogP contribution >= 0.6 is 22.6 Å². The highest BCUT2D eigenvalue weighted by atomic mass is 127. The van der Waals surface area contributed by atoms with Crippen LogP contribution in [0.2, 0.25) is 0 Å². The van der Waals surface area contributed by atoms with Crippen LogP contribution in [0.1, 0.15) is 10.4 Å². The second-order valence-electron chi connectivity index (χ2n) is 7.57. The zero-order chi connectivity index (χ0) is 22.6. The molecule has 1 heterocycles. The molecule has 0 unspecified atom stereocenters. The highest BCUT2D eigenvalue weighted by Crippen LogP contribution is 2.28. The number of hydrogen-bond donors (Lipinski definition) is 1. The van der Waals surface area contributed by atoms with Crippen LogP contribution in [-0.4, -0.2) is 15.7 Å². The van der Waals surface area contributed by atoms with Gasteiger partial charge in [0.25, 0.3) is 5.91 Å². The van der Waals surface area contributed by atoms with E-state index in [2.05, 4.69) is 58.2 Å². The second kappa shape index (κ2) is 9.42. The molecule has 0 aliphatic carbocycles. The Labute approximate surface area is 206 Å². The van der Waals surface area contributed by atoms with E-state index in [-0.39, 0.29) is 5.91 Å². The van der Waals surface area contributed by atoms with E-state index in [4.69, 9.17) is 5.10 Å². The summed E-state index contributed by atoms with van der Waals surface area (Å²) in [6.07, 6.45) is 0. The fourth-order valence-electron chi connectivity index (χ4n) is 3.63. The third-order valence-electron chi connectivity index (χ3n) is 5.32. The summed E-state index contributed by atoms with van der Waals surface area (Å²) in [6.45, 7) is 0. The molecule has 5 aromatic rings. The number of anilines is 1. The zero-order valence-electron chi connectivity index (χ0n) is 17.7. The molecule has 1 amide bonds. The molecule has 0 aliphatic heterocycles. The van der Waals surface area contributed by atoms with E-state index < -0.39 is 0 Å². The van der Waals surface area contributed by atoms with Crippen molar-refractivity contribution in [3.63, 3.8) is 0 Å². The first-order valence-electron chi connectivity index (χ1n) is 10.6. The van der Waals surface area contributed by atoms with Gasteiger partial charge in [-0.1, -0.05) is 60.7 Å². The van der Waals surface area contributed by atoms with Gasteiger partial charge in [-0.3, -0.25) is 4.79 Å². The maximum absolute atomic E-state index is 12.7. The average molecular weight is 541 g/mol. The number of nitrogens with one attached hydrogen (secondary N) is 1. The van der Waals surface area contributed by atoms with E-state index in [0.717, 1.165) is 37.5 Å². The molecule has 1 N–H and O–H groups in total. The predicted molar refractivity (Wildman–Crippen MR) is 142 cm³/mol. The number of carbonyl (C=O) groups is 1. The van der Waals surface area contributed by atoms with E-state index in [9.17, 15) is 4.79 Å². The van der Waals surface area contributed by atoms with Gasteiger partial charge < -0.3 is 5.32 Å². The summed E-state index contributed by atoms with van der Waals surface area (Å²) >= 11 is 2.24. The Morgan fingerprint density at radius 3 is 1.97 bits per heavy atom. The third kappa shape index (κ3) is 4.73. The van der Waals surface area contributed by atoms with Crippen molar-refractivity contribution < 1.29 is 4.79 Å². The van der Waals surface area contributed by atoms with E-state index >= 15 is 0 Å². The van der Waals surface area contributed by atoms with Crippen LogP contribution < -0.4 is 5.32 Å². The number of rotatable bonds is 5. The van der Waals surface area contributed by atoms with Crippen molar-refractivity contribution in [1.82, 2.24) is 9.78 Å². The second-order valence-corrected chi connectivity index (χ2v) is 8.81. The summed E-state index contributed by atoms with van der Waals surface area (Å²) in [5.74, 6) is -0.142. The molecular formula is C28H20IN3O. The molecular weight excluding hydrogens is 521 g/mol. The highest BCUT2D eigenvalue weighted by molar-refractivity contribution is 14.1. The number of hydrogen-bond acceptors (Lipinski definition) is 2. The molecule has 5 heteroatoms. The first-order valence-corrected chi connectivity index (χ1v) is 11.6. The summed E-state index contributed by atoms with van der Waals surface area (Å²) in [5.41, 5.74) is 6.28. The van der Waals surface area contributed by atoms with Crippen molar-refractivity contribution >= 4 is 34.2 Å². The number of nitrogens with zero attached hydrogens (tertiary/aromatic N) is 2. The zero-order valence-corrected chi connectivity index (χ0v) is 19.8. The number of halogens is 1. The van der Waals surface area contributed by atoms with Gasteiger partial charge in [0.1, 0.15) is 0 Å². The largest absolute Gasteiger partial charge is 0.322 e. The third-order valence-corrected chi connectivity index (χ3v) is 6.04. The van der Waals surface area contributed by atoms with Crippen molar-refractivity contribution in [1.29, 1.82) is 0 Å². The molecule has 0 bridgehead atoms. The lowest BCUT2D eigenvalue weighted by Gasteiger charge is -2.09. The normalized spacial score (nSPS) is 10.7. The van der Waals surface area contributed by atoms with Crippen LogP contribution in [0.25, 0.3) is 28.2 Å². The lowest BCUT2D eigenvalue weighted by molar-refractivity contribution is 0.102. The van der Waals surface area contributed by atoms with Gasteiger partial charge in [0.2, 0.25) is 0 Å². The smallest absolute Gasteiger partial charge is 0.255 e. The molecule has 0 aliphatic rings. The lowest BCUT2D eigenvalue weighted by Crippen LogP contribution is -2.12. The Kier molecular flexibility index (Phi) is 6.04. The van der Waals surface area contributed by atoms with Crippen LogP contribution in [0.15, 0.2) is 115 Å². The maximum Gasteiger partial charge on any atom is 0.255 e. The molecule has 0 saturated heterocycles. The van der Waals surface area contributed by atoms with Gasteiger partial charge in [0, 0.05) is 25.9 Å². The molecule has 5 rings (SSSR count). The molecule has 1 aromatic heterocycles. The molecule has 0 fully saturated rings. The summed E-state index contributed by atoms with van der Waals surface area (Å²) < 4.78 is 3.05. The fourth-order valence-corrected chi connectivity index (χ4v) is 3.99. The van der Waals surface area contributed by atoms with Crippen molar-refractivity contribution in [2.24, 2.45) is 0 Å². The molecule has 0 atom stereocenters. The number of aromatic nitrogens is 2. The van der Waals surface area contributed by atoms with Crippen LogP contribution in [0.5, 0.6) is 0 Å². The Morgan fingerprint density at radius 2 is 1.33 bits per heavy atom. The van der Waals surface area contributed by atoms with Crippen molar-refractivity contribution in [2.75, 3.05) is 5.32 Å². The minimum atomic E-state index is -0.142. The van der Waals surface area contributed by atoms with E-state index in [0.29, 0.717) is 5.56 Å². The molecule has 4 aromatic carbocycles. The Hall–Kier alpha value is -3.71. The van der Waals surface area contributed by atoms with Gasteiger partial charge >= 0.3 is 0 Å². The van der Waals surface area contributed by atoms with Gasteiger partial charge in [0.05, 0.1) is 17.1 Å². The van der Waals surface area contributed by atoms with Crippen LogP contribution in [0.4, 0.5) is 5.69 Å². The molecule has 33 heavy (non-hydrogen) atoms. The van der Waals surface area contributed by atoms with Gasteiger partial charge in [-0.05, 0) is 77.2 Å². The minimum absolute atomic E-state index is 0.142. The molecule has 160 valence electrons. The van der Waals surface area contributed by atoms with Crippen LogP contribution in [-0.2, 0) is 0 Å². The lowest BCUT2D eigenvalue weighted by atomic mass is 10.1. The summed E-state index contributed by atoms with van der Waals surface area (Å²) in [4.78, 5) is 12.7. The first-order chi connectivity index (χ1) is 16.2. The topological polar surface area (TPSA) is 46.9 Å². The van der Waals surface area contributed by atoms with E-state index in [1.165, 1.54) is 0 Å². The van der Waals surface area contributed by atoms with Gasteiger partial charge in [0.15, 0.2) is 0 Å². The Morgan fingerprint density at radius 1 is 0.727 bits per heavy atom. The molecule has 0 saturated carbocycles. The van der Waals surface area contributed by atoms with Crippen LogP contribution in [0.3, 0.4) is 0 Å². The Balaban J connectivity index is 1.47. The monoisotopic (exact) mass is 541 g/mol. The quantitative estimate of drug-likeness (QED) is 0.242. The minimum Gasteiger partial charge on any atom is -0.322 e. The van der Waals surface area contributed by atoms with Gasteiger partial charge in [-0.25, -0.2) is 4.68 Å². The number of carbonyl (C=O) groups excluding carboxylic acids is 1. The maximum atomic E-state index is 12.7. The molecule has 0 radical (unpaired) electrons. The van der Waals surface area contributed by atoms with Gasteiger partial charge in [-0.2, -0.15) is 5.10 Å². The number of amides is 1. The highest BCUT2D eigenvalue weighted by Gasteiger charge is 2.14. The van der Waals surface area contributed by atoms with Crippen molar-refractivity contribution in [2.45, 2.75) is 0 Å². The number of benzene rings is 4. The van der Waals surface area contributed by atoms with Gasteiger partial charge in [-0.15, -0.1) is 0 Å². The van der Waals surface area contributed by atoms with Crippen molar-refractivity contribution in [3.8, 4) is 28.2 Å². The summed E-state index contributed by atoms with van der Waals surface area (Å²) in [5, 5.41) is 7.84. The fraction of sp³-hybridized carbons (Fsp3) is 0. The van der Waals surface area contributed by atoms with Crippen molar-refractivity contribution in [3.05, 3.63) is 124 Å². The Bertz CT molecular complexity index is 1380. The standard InChI is InChI=1S/C28H20IN3O/c29-23-13-15-24(16-14-23)30-28(33)22-11-17-25(18-12-22)32-27(21-9-5-2-6-10-21)19-26(31-32)20-7-3-1-4-8-20/h1-19H,(H,30,33). The van der Waals surface area contributed by atoms with E-state index in [1.54, 1.807) is 0 Å². The SMILES string of the molecule is O=C(Nc1ccc(I)cc1)c1ccc(-n2nc(-c3ccccc3)cc2-c2ccccc2)cc1. The van der Waals surface area contributed by atoms with Crippen LogP contribution in [0, 0.1) is 3.57 Å². The first kappa shape index (κ1) is 21.2. The average Bonchev–Trinajstić information content (AvgIpc) is 3.32. The summed E-state index contributed by atoms with van der Waals surface area (Å²) in [7, 11) is 0. The van der Waals surface area contributed by atoms with E-state index in [1.807, 2.05) is 89.6 Å².